The third-order valence-electron chi connectivity index (χ3n) is 5.22. The van der Waals surface area contributed by atoms with Gasteiger partial charge in [-0.1, -0.05) is 23.7 Å². The molecule has 1 unspecified atom stereocenters. The number of carbonyl (C=O) groups is 2. The smallest absolute Gasteiger partial charge is 0.248 e. The summed E-state index contributed by atoms with van der Waals surface area (Å²) in [5, 5.41) is 12.8. The van der Waals surface area contributed by atoms with Gasteiger partial charge < -0.3 is 20.1 Å². The second-order valence-corrected chi connectivity index (χ2v) is 7.72. The Hall–Kier alpha value is -1.63. The number of benzene rings is 1. The summed E-state index contributed by atoms with van der Waals surface area (Å²) in [6.07, 6.45) is 2.61. The molecule has 1 atom stereocenters. The van der Waals surface area contributed by atoms with Gasteiger partial charge in [0.25, 0.3) is 0 Å². The van der Waals surface area contributed by atoms with Gasteiger partial charge in [0.1, 0.15) is 6.61 Å². The topological polar surface area (TPSA) is 78.9 Å². The molecule has 2 aliphatic rings. The molecule has 2 N–H and O–H groups in total. The van der Waals surface area contributed by atoms with Crippen molar-refractivity contribution in [2.24, 2.45) is 11.3 Å². The van der Waals surface area contributed by atoms with E-state index >= 15 is 0 Å². The zero-order valence-electron chi connectivity index (χ0n) is 14.7. The zero-order valence-corrected chi connectivity index (χ0v) is 15.5. The van der Waals surface area contributed by atoms with Crippen molar-refractivity contribution in [1.29, 1.82) is 0 Å². The Labute approximate surface area is 158 Å². The van der Waals surface area contributed by atoms with E-state index in [4.69, 9.17) is 21.4 Å². The number of aliphatic hydroxyl groups excluding tert-OH is 1. The number of aliphatic hydroxyl groups is 1. The maximum atomic E-state index is 12.9. The first kappa shape index (κ1) is 19.1. The third kappa shape index (κ3) is 4.37. The second kappa shape index (κ2) is 8.37. The predicted molar refractivity (Wildman–Crippen MR) is 97.8 cm³/mol. The summed E-state index contributed by atoms with van der Waals surface area (Å²) in [5.41, 5.74) is 0.343. The molecule has 1 aromatic rings. The number of hydrogen-bond donors (Lipinski definition) is 2. The van der Waals surface area contributed by atoms with Crippen LogP contribution in [-0.2, 0) is 20.7 Å². The molecule has 0 bridgehead atoms. The molecule has 142 valence electrons. The Balaban J connectivity index is 1.65. The van der Waals surface area contributed by atoms with Gasteiger partial charge in [-0.05, 0) is 42.9 Å². The molecule has 2 fully saturated rings. The quantitative estimate of drug-likeness (QED) is 0.778. The van der Waals surface area contributed by atoms with Crippen LogP contribution >= 0.6 is 11.6 Å². The molecule has 1 aromatic carbocycles. The fourth-order valence-electron chi connectivity index (χ4n) is 3.68. The van der Waals surface area contributed by atoms with Gasteiger partial charge in [-0.25, -0.2) is 0 Å². The summed E-state index contributed by atoms with van der Waals surface area (Å²) in [5.74, 6) is -0.0410. The highest BCUT2D eigenvalue weighted by Gasteiger charge is 2.50. The van der Waals surface area contributed by atoms with E-state index in [-0.39, 0.29) is 11.8 Å². The molecule has 2 saturated heterocycles. The van der Waals surface area contributed by atoms with Crippen LogP contribution in [0.15, 0.2) is 24.3 Å². The number of ether oxygens (including phenoxy) is 1. The van der Waals surface area contributed by atoms with Crippen molar-refractivity contribution in [3.63, 3.8) is 0 Å². The van der Waals surface area contributed by atoms with Crippen LogP contribution < -0.4 is 5.32 Å². The number of rotatable bonds is 6. The highest BCUT2D eigenvalue weighted by Crippen LogP contribution is 2.35. The van der Waals surface area contributed by atoms with Gasteiger partial charge in [-0.2, -0.15) is 0 Å². The Morgan fingerprint density at radius 2 is 2.04 bits per heavy atom. The molecule has 2 heterocycles. The lowest BCUT2D eigenvalue weighted by atomic mass is 9.73. The fraction of sp³-hybridized carbons (Fsp3) is 0.579. The number of amides is 2. The van der Waals surface area contributed by atoms with E-state index in [1.165, 1.54) is 4.90 Å². The van der Waals surface area contributed by atoms with Crippen molar-refractivity contribution in [3.8, 4) is 0 Å². The van der Waals surface area contributed by atoms with Crippen molar-refractivity contribution >= 4 is 23.4 Å². The fourth-order valence-corrected chi connectivity index (χ4v) is 3.81. The number of nitrogens with one attached hydrogen (secondary N) is 1. The highest BCUT2D eigenvalue weighted by atomic mass is 35.5. The maximum Gasteiger partial charge on any atom is 0.248 e. The highest BCUT2D eigenvalue weighted by molar-refractivity contribution is 6.30. The van der Waals surface area contributed by atoms with Crippen molar-refractivity contribution < 1.29 is 19.4 Å². The van der Waals surface area contributed by atoms with Gasteiger partial charge in [0.05, 0.1) is 12.0 Å². The maximum absolute atomic E-state index is 12.9. The average molecular weight is 381 g/mol. The van der Waals surface area contributed by atoms with Gasteiger partial charge in [0, 0.05) is 31.3 Å². The number of halogens is 1. The standard InChI is InChI=1S/C19H25ClN2O4/c20-16-5-3-14(4-6-16)8-19(12-22(13-19)17(24)10-23)18(25)21-9-15-2-1-7-26-11-15/h3-6,15,23H,1-2,7-13H2,(H,21,25). The first-order valence-corrected chi connectivity index (χ1v) is 9.39. The molecule has 2 amide bonds. The summed E-state index contributed by atoms with van der Waals surface area (Å²) in [6, 6.07) is 7.42. The van der Waals surface area contributed by atoms with E-state index in [1.54, 1.807) is 12.1 Å². The normalized spacial score (nSPS) is 21.8. The van der Waals surface area contributed by atoms with E-state index in [0.717, 1.165) is 25.0 Å². The average Bonchev–Trinajstić information content (AvgIpc) is 2.64. The summed E-state index contributed by atoms with van der Waals surface area (Å²) < 4.78 is 5.47. The first-order valence-electron chi connectivity index (χ1n) is 9.01. The molecule has 0 saturated carbocycles. The van der Waals surface area contributed by atoms with Crippen LogP contribution in [0.3, 0.4) is 0 Å². The predicted octanol–water partition coefficient (Wildman–Crippen LogP) is 1.25. The van der Waals surface area contributed by atoms with E-state index in [2.05, 4.69) is 5.32 Å². The first-order chi connectivity index (χ1) is 12.5. The molecule has 0 radical (unpaired) electrons. The van der Waals surface area contributed by atoms with Crippen molar-refractivity contribution in [2.75, 3.05) is 39.5 Å². The van der Waals surface area contributed by atoms with Crippen LogP contribution in [-0.4, -0.2) is 61.3 Å². The molecule has 6 nitrogen and oxygen atoms in total. The molecule has 2 aliphatic heterocycles. The Morgan fingerprint density at radius 1 is 1.31 bits per heavy atom. The van der Waals surface area contributed by atoms with Crippen LogP contribution in [0.4, 0.5) is 0 Å². The van der Waals surface area contributed by atoms with Crippen LogP contribution in [0.2, 0.25) is 5.02 Å². The van der Waals surface area contributed by atoms with Gasteiger partial charge >= 0.3 is 0 Å². The second-order valence-electron chi connectivity index (χ2n) is 7.28. The van der Waals surface area contributed by atoms with Crippen molar-refractivity contribution in [2.45, 2.75) is 19.3 Å². The summed E-state index contributed by atoms with van der Waals surface area (Å²) in [7, 11) is 0. The Kier molecular flexibility index (Phi) is 6.16. The van der Waals surface area contributed by atoms with Gasteiger partial charge in [0.15, 0.2) is 0 Å². The SMILES string of the molecule is O=C(CO)N1CC(Cc2ccc(Cl)cc2)(C(=O)NCC2CCCOC2)C1. The molecule has 3 rings (SSSR count). The molecular formula is C19H25ClN2O4. The number of likely N-dealkylation sites (tertiary alicyclic amines) is 1. The van der Waals surface area contributed by atoms with Gasteiger partial charge in [0.2, 0.25) is 11.8 Å². The van der Waals surface area contributed by atoms with Crippen molar-refractivity contribution in [3.05, 3.63) is 34.9 Å². The van der Waals surface area contributed by atoms with E-state index < -0.39 is 12.0 Å². The minimum absolute atomic E-state index is 0.0417. The molecular weight excluding hydrogens is 356 g/mol. The van der Waals surface area contributed by atoms with E-state index in [9.17, 15) is 9.59 Å². The number of hydrogen-bond acceptors (Lipinski definition) is 4. The molecule has 0 aromatic heterocycles. The molecule has 26 heavy (non-hydrogen) atoms. The Bertz CT molecular complexity index is 637. The zero-order chi connectivity index (χ0) is 18.6. The lowest BCUT2D eigenvalue weighted by molar-refractivity contribution is -0.155. The lowest BCUT2D eigenvalue weighted by Crippen LogP contribution is -2.66. The monoisotopic (exact) mass is 380 g/mol. The largest absolute Gasteiger partial charge is 0.387 e. The minimum Gasteiger partial charge on any atom is -0.387 e. The third-order valence-corrected chi connectivity index (χ3v) is 5.47. The van der Waals surface area contributed by atoms with Crippen molar-refractivity contribution in [1.82, 2.24) is 10.2 Å². The minimum atomic E-state index is -0.659. The number of nitrogens with zero attached hydrogens (tertiary/aromatic N) is 1. The Morgan fingerprint density at radius 3 is 2.65 bits per heavy atom. The lowest BCUT2D eigenvalue weighted by Gasteiger charge is -2.49. The van der Waals surface area contributed by atoms with Crippen LogP contribution in [0.1, 0.15) is 18.4 Å². The van der Waals surface area contributed by atoms with Crippen LogP contribution in [0.25, 0.3) is 0 Å². The van der Waals surface area contributed by atoms with Gasteiger partial charge in [-0.3, -0.25) is 9.59 Å². The molecule has 0 spiro atoms. The molecule has 7 heteroatoms. The molecule has 0 aliphatic carbocycles. The number of carbonyl (C=O) groups excluding carboxylic acids is 2. The van der Waals surface area contributed by atoms with Crippen LogP contribution in [0.5, 0.6) is 0 Å². The van der Waals surface area contributed by atoms with Gasteiger partial charge in [-0.15, -0.1) is 0 Å². The van der Waals surface area contributed by atoms with Crippen LogP contribution in [0, 0.1) is 11.3 Å². The van der Waals surface area contributed by atoms with E-state index in [0.29, 0.717) is 43.6 Å². The summed E-state index contributed by atoms with van der Waals surface area (Å²) >= 11 is 5.94. The van der Waals surface area contributed by atoms with E-state index in [1.807, 2.05) is 12.1 Å². The summed E-state index contributed by atoms with van der Waals surface area (Å²) in [6.45, 7) is 2.18. The summed E-state index contributed by atoms with van der Waals surface area (Å²) in [4.78, 5) is 26.2.